The molecule has 0 atom stereocenters. The van der Waals surface area contributed by atoms with Gasteiger partial charge in [0.1, 0.15) is 11.6 Å². The van der Waals surface area contributed by atoms with Crippen LogP contribution in [0.1, 0.15) is 16.9 Å². The number of nitrogens with zero attached hydrogens (tertiary/aromatic N) is 3. The predicted octanol–water partition coefficient (Wildman–Crippen LogP) is 2.42. The maximum atomic E-state index is 13.5. The first-order valence-electron chi connectivity index (χ1n) is 7.85. The van der Waals surface area contributed by atoms with Gasteiger partial charge in [-0.15, -0.1) is 10.2 Å². The predicted molar refractivity (Wildman–Crippen MR) is 96.3 cm³/mol. The number of nitrogens with one attached hydrogen (secondary N) is 1. The topological polar surface area (TPSA) is 99.0 Å². The number of thioether (sulfide) groups is 1. The van der Waals surface area contributed by atoms with Crippen LogP contribution in [0.3, 0.4) is 0 Å². The summed E-state index contributed by atoms with van der Waals surface area (Å²) in [6.07, 6.45) is 1.55. The average Bonchev–Trinajstić information content (AvgIpc) is 3.19. The van der Waals surface area contributed by atoms with Crippen LogP contribution in [0, 0.1) is 19.7 Å². The number of hydrogen-bond acceptors (Lipinski definition) is 6. The zero-order valence-corrected chi connectivity index (χ0v) is 15.1. The molecule has 136 valence electrons. The number of benzene rings is 1. The standard InChI is InChI=1S/C17H18FN5O2S/c1-10-3-4-12(7-14(10)18)8-20-15(24)9-26-17-22-21-16(23(17)19)13-5-6-25-11(13)2/h3-7H,8-9,19H2,1-2H3,(H,20,24). The molecule has 3 aromatic rings. The van der Waals surface area contributed by atoms with Crippen molar-refractivity contribution < 1.29 is 13.6 Å². The highest BCUT2D eigenvalue weighted by molar-refractivity contribution is 7.99. The normalized spacial score (nSPS) is 10.9. The molecule has 0 fully saturated rings. The van der Waals surface area contributed by atoms with Gasteiger partial charge in [-0.1, -0.05) is 23.9 Å². The first-order valence-corrected chi connectivity index (χ1v) is 8.83. The summed E-state index contributed by atoms with van der Waals surface area (Å²) in [4.78, 5) is 12.0. The lowest BCUT2D eigenvalue weighted by molar-refractivity contribution is -0.118. The molecule has 0 aliphatic carbocycles. The highest BCUT2D eigenvalue weighted by Gasteiger charge is 2.16. The fourth-order valence-electron chi connectivity index (χ4n) is 2.30. The second kappa shape index (κ2) is 7.61. The molecule has 3 rings (SSSR count). The van der Waals surface area contributed by atoms with Gasteiger partial charge in [-0.2, -0.15) is 0 Å². The zero-order valence-electron chi connectivity index (χ0n) is 14.3. The number of carbonyl (C=O) groups excluding carboxylic acids is 1. The lowest BCUT2D eigenvalue weighted by atomic mass is 10.1. The van der Waals surface area contributed by atoms with Gasteiger partial charge < -0.3 is 15.6 Å². The van der Waals surface area contributed by atoms with Gasteiger partial charge in [-0.05, 0) is 37.1 Å². The van der Waals surface area contributed by atoms with Crippen molar-refractivity contribution in [3.05, 3.63) is 53.2 Å². The third-order valence-corrected chi connectivity index (χ3v) is 4.77. The Hall–Kier alpha value is -2.81. The summed E-state index contributed by atoms with van der Waals surface area (Å²) in [5.41, 5.74) is 2.02. The van der Waals surface area contributed by atoms with Crippen molar-refractivity contribution in [1.82, 2.24) is 20.2 Å². The Kier molecular flexibility index (Phi) is 5.27. The summed E-state index contributed by atoms with van der Waals surface area (Å²) in [5, 5.41) is 11.2. The van der Waals surface area contributed by atoms with E-state index >= 15 is 0 Å². The van der Waals surface area contributed by atoms with Crippen LogP contribution in [0.2, 0.25) is 0 Å². The second-order valence-corrected chi connectivity index (χ2v) is 6.66. The van der Waals surface area contributed by atoms with Crippen LogP contribution in [0.25, 0.3) is 11.4 Å². The number of halogens is 1. The van der Waals surface area contributed by atoms with Gasteiger partial charge in [0, 0.05) is 6.54 Å². The Labute approximate surface area is 153 Å². The Bertz CT molecular complexity index is 937. The smallest absolute Gasteiger partial charge is 0.230 e. The van der Waals surface area contributed by atoms with Gasteiger partial charge in [0.05, 0.1) is 17.6 Å². The number of furan rings is 1. The molecule has 0 bridgehead atoms. The molecule has 0 aliphatic rings. The van der Waals surface area contributed by atoms with Gasteiger partial charge in [0.15, 0.2) is 5.82 Å². The highest BCUT2D eigenvalue weighted by atomic mass is 32.2. The molecule has 7 nitrogen and oxygen atoms in total. The van der Waals surface area contributed by atoms with E-state index in [1.807, 2.05) is 0 Å². The van der Waals surface area contributed by atoms with E-state index in [1.54, 1.807) is 38.3 Å². The number of amides is 1. The van der Waals surface area contributed by atoms with Crippen molar-refractivity contribution in [2.75, 3.05) is 11.6 Å². The van der Waals surface area contributed by atoms with Crippen molar-refractivity contribution >= 4 is 17.7 Å². The van der Waals surface area contributed by atoms with Crippen LogP contribution in [0.5, 0.6) is 0 Å². The van der Waals surface area contributed by atoms with E-state index in [2.05, 4.69) is 15.5 Å². The molecule has 9 heteroatoms. The largest absolute Gasteiger partial charge is 0.469 e. The van der Waals surface area contributed by atoms with E-state index in [4.69, 9.17) is 10.3 Å². The minimum Gasteiger partial charge on any atom is -0.469 e. The number of rotatable bonds is 6. The summed E-state index contributed by atoms with van der Waals surface area (Å²) >= 11 is 1.17. The number of aryl methyl sites for hydroxylation is 2. The molecule has 0 aliphatic heterocycles. The van der Waals surface area contributed by atoms with Crippen LogP contribution in [-0.2, 0) is 11.3 Å². The Morgan fingerprint density at radius 3 is 2.85 bits per heavy atom. The van der Waals surface area contributed by atoms with Crippen molar-refractivity contribution in [3.8, 4) is 11.4 Å². The molecule has 0 saturated heterocycles. The van der Waals surface area contributed by atoms with Crippen LogP contribution in [0.15, 0.2) is 40.1 Å². The van der Waals surface area contributed by atoms with Gasteiger partial charge in [-0.3, -0.25) is 4.79 Å². The van der Waals surface area contributed by atoms with Crippen molar-refractivity contribution in [2.24, 2.45) is 0 Å². The van der Waals surface area contributed by atoms with Crippen LogP contribution in [0.4, 0.5) is 4.39 Å². The molecule has 2 heterocycles. The van der Waals surface area contributed by atoms with Crippen molar-refractivity contribution in [1.29, 1.82) is 0 Å². The summed E-state index contributed by atoms with van der Waals surface area (Å²) in [6.45, 7) is 3.75. The minimum atomic E-state index is -0.288. The highest BCUT2D eigenvalue weighted by Crippen LogP contribution is 2.24. The molecule has 26 heavy (non-hydrogen) atoms. The molecule has 3 N–H and O–H groups in total. The summed E-state index contributed by atoms with van der Waals surface area (Å²) in [7, 11) is 0. The van der Waals surface area contributed by atoms with E-state index in [0.717, 1.165) is 5.56 Å². The minimum absolute atomic E-state index is 0.119. The summed E-state index contributed by atoms with van der Waals surface area (Å²) < 4.78 is 20.1. The molecule has 0 unspecified atom stereocenters. The van der Waals surface area contributed by atoms with Gasteiger partial charge in [0.25, 0.3) is 0 Å². The second-order valence-electron chi connectivity index (χ2n) is 5.72. The lowest BCUT2D eigenvalue weighted by Crippen LogP contribution is -2.25. The Morgan fingerprint density at radius 2 is 2.15 bits per heavy atom. The van der Waals surface area contributed by atoms with E-state index < -0.39 is 0 Å². The maximum Gasteiger partial charge on any atom is 0.230 e. The lowest BCUT2D eigenvalue weighted by Gasteiger charge is -2.06. The molecule has 0 spiro atoms. The van der Waals surface area contributed by atoms with E-state index in [1.165, 1.54) is 22.5 Å². The van der Waals surface area contributed by atoms with Crippen LogP contribution >= 0.6 is 11.8 Å². The molecular weight excluding hydrogens is 357 g/mol. The van der Waals surface area contributed by atoms with E-state index in [9.17, 15) is 9.18 Å². The van der Waals surface area contributed by atoms with Crippen molar-refractivity contribution in [2.45, 2.75) is 25.5 Å². The molecule has 2 aromatic heterocycles. The first-order chi connectivity index (χ1) is 12.5. The molecule has 0 radical (unpaired) electrons. The number of carbonyl (C=O) groups is 1. The number of nitrogen functional groups attached to an aromatic ring is 1. The molecule has 0 saturated carbocycles. The van der Waals surface area contributed by atoms with Crippen LogP contribution in [-0.4, -0.2) is 26.5 Å². The quantitative estimate of drug-likeness (QED) is 0.507. The van der Waals surface area contributed by atoms with Gasteiger partial charge in [-0.25, -0.2) is 9.07 Å². The summed E-state index contributed by atoms with van der Waals surface area (Å²) in [6, 6.07) is 6.63. The Morgan fingerprint density at radius 1 is 1.35 bits per heavy atom. The number of nitrogens with two attached hydrogens (primary N) is 1. The van der Waals surface area contributed by atoms with Gasteiger partial charge >= 0.3 is 0 Å². The van der Waals surface area contributed by atoms with E-state index in [0.29, 0.717) is 27.9 Å². The van der Waals surface area contributed by atoms with E-state index in [-0.39, 0.29) is 24.0 Å². The van der Waals surface area contributed by atoms with Crippen molar-refractivity contribution in [3.63, 3.8) is 0 Å². The number of aromatic nitrogens is 3. The zero-order chi connectivity index (χ0) is 18.7. The maximum absolute atomic E-state index is 13.5. The van der Waals surface area contributed by atoms with Gasteiger partial charge in [0.2, 0.25) is 11.1 Å². The van der Waals surface area contributed by atoms with Crippen LogP contribution < -0.4 is 11.2 Å². The summed E-state index contributed by atoms with van der Waals surface area (Å²) in [5.74, 6) is 6.78. The average molecular weight is 375 g/mol. The molecular formula is C17H18FN5O2S. The fraction of sp³-hybridized carbons (Fsp3) is 0.235. The number of hydrogen-bond donors (Lipinski definition) is 2. The third kappa shape index (κ3) is 3.88. The fourth-order valence-corrected chi connectivity index (χ4v) is 2.99. The first kappa shape index (κ1) is 18.0. The SMILES string of the molecule is Cc1ccc(CNC(=O)CSc2nnc(-c3ccoc3C)n2N)cc1F. The molecule has 1 aromatic carbocycles. The molecule has 1 amide bonds. The third-order valence-electron chi connectivity index (χ3n) is 3.82. The monoisotopic (exact) mass is 375 g/mol. The Balaban J connectivity index is 1.56.